The Morgan fingerprint density at radius 2 is 1.71 bits per heavy atom. The minimum Gasteiger partial charge on any atom is -0.497 e. The summed E-state index contributed by atoms with van der Waals surface area (Å²) in [5.41, 5.74) is 4.61. The van der Waals surface area contributed by atoms with E-state index in [0.29, 0.717) is 24.5 Å². The monoisotopic (exact) mass is 491 g/mol. The van der Waals surface area contributed by atoms with Gasteiger partial charge in [-0.3, -0.25) is 4.79 Å². The summed E-state index contributed by atoms with van der Waals surface area (Å²) < 4.78 is 13.3. The molecule has 1 amide bonds. The third kappa shape index (κ3) is 5.95. The average molecular weight is 492 g/mol. The highest BCUT2D eigenvalue weighted by molar-refractivity contribution is 6.32. The lowest BCUT2D eigenvalue weighted by atomic mass is 10.1. The number of imidazole rings is 1. The summed E-state index contributed by atoms with van der Waals surface area (Å²) >= 11 is 6.25. The van der Waals surface area contributed by atoms with Gasteiger partial charge in [0.05, 0.1) is 31.3 Å². The van der Waals surface area contributed by atoms with E-state index < -0.39 is 0 Å². The second kappa shape index (κ2) is 11.3. The number of ether oxygens (including phenoxy) is 2. The molecular formula is C28H30ClN3O3. The second-order valence-electron chi connectivity index (χ2n) is 8.51. The molecule has 0 saturated heterocycles. The molecule has 0 aliphatic carbocycles. The van der Waals surface area contributed by atoms with Crippen LogP contribution in [0, 0.1) is 13.8 Å². The van der Waals surface area contributed by atoms with Gasteiger partial charge in [0.25, 0.3) is 5.91 Å². The van der Waals surface area contributed by atoms with E-state index in [9.17, 15) is 4.79 Å². The summed E-state index contributed by atoms with van der Waals surface area (Å²) in [4.78, 5) is 17.4. The summed E-state index contributed by atoms with van der Waals surface area (Å²) in [6.45, 7) is 5.73. The third-order valence-electron chi connectivity index (χ3n) is 5.95. The van der Waals surface area contributed by atoms with Gasteiger partial charge in [0, 0.05) is 17.1 Å². The lowest BCUT2D eigenvalue weighted by Gasteiger charge is -2.12. The van der Waals surface area contributed by atoms with Crippen LogP contribution in [0.15, 0.2) is 60.7 Å². The predicted octanol–water partition coefficient (Wildman–Crippen LogP) is 6.10. The van der Waals surface area contributed by atoms with Crippen molar-refractivity contribution in [2.45, 2.75) is 39.8 Å². The highest BCUT2D eigenvalue weighted by Crippen LogP contribution is 2.26. The van der Waals surface area contributed by atoms with Crippen LogP contribution in [0.1, 0.15) is 40.2 Å². The van der Waals surface area contributed by atoms with Gasteiger partial charge in [0.2, 0.25) is 0 Å². The first kappa shape index (κ1) is 24.6. The fourth-order valence-electron chi connectivity index (χ4n) is 4.07. The van der Waals surface area contributed by atoms with Crippen LogP contribution in [0.4, 0.5) is 0 Å². The van der Waals surface area contributed by atoms with Crippen LogP contribution in [0.5, 0.6) is 11.5 Å². The fraction of sp³-hybridized carbons (Fsp3) is 0.286. The molecule has 0 unspecified atom stereocenters. The first-order valence-electron chi connectivity index (χ1n) is 11.7. The van der Waals surface area contributed by atoms with E-state index in [1.165, 1.54) is 0 Å². The number of nitrogens with zero attached hydrogens (tertiary/aromatic N) is 2. The van der Waals surface area contributed by atoms with E-state index in [0.717, 1.165) is 58.1 Å². The van der Waals surface area contributed by atoms with Crippen molar-refractivity contribution in [1.29, 1.82) is 0 Å². The van der Waals surface area contributed by atoms with Crippen molar-refractivity contribution < 1.29 is 14.3 Å². The number of halogens is 1. The topological polar surface area (TPSA) is 65.4 Å². The molecule has 0 spiro atoms. The Bertz CT molecular complexity index is 1290. The molecule has 1 heterocycles. The van der Waals surface area contributed by atoms with Crippen LogP contribution in [0.3, 0.4) is 0 Å². The standard InChI is InChI=1S/C28H30ClN3O3/c1-19-16-23(17-20(2)27(19)29)35-15-7-6-14-32-25-9-5-4-8-24(25)31-26(32)18-30-28(33)21-10-12-22(34-3)13-11-21/h4-5,8-13,16-17H,6-7,14-15,18H2,1-3H3,(H,30,33). The number of carbonyl (C=O) groups is 1. The molecule has 0 aliphatic rings. The highest BCUT2D eigenvalue weighted by atomic mass is 35.5. The highest BCUT2D eigenvalue weighted by Gasteiger charge is 2.13. The summed E-state index contributed by atoms with van der Waals surface area (Å²) in [5.74, 6) is 2.25. The maximum absolute atomic E-state index is 12.6. The molecule has 3 aromatic carbocycles. The van der Waals surface area contributed by atoms with Crippen LogP contribution in [-0.4, -0.2) is 29.2 Å². The molecule has 182 valence electrons. The number of aromatic nitrogens is 2. The lowest BCUT2D eigenvalue weighted by molar-refractivity contribution is 0.0949. The van der Waals surface area contributed by atoms with Crippen LogP contribution >= 0.6 is 11.6 Å². The smallest absolute Gasteiger partial charge is 0.251 e. The molecule has 35 heavy (non-hydrogen) atoms. The molecule has 1 N–H and O–H groups in total. The van der Waals surface area contributed by atoms with Crippen molar-refractivity contribution in [2.75, 3.05) is 13.7 Å². The average Bonchev–Trinajstić information content (AvgIpc) is 3.23. The molecule has 1 aromatic heterocycles. The molecule has 4 rings (SSSR count). The molecule has 4 aromatic rings. The summed E-state index contributed by atoms with van der Waals surface area (Å²) in [7, 11) is 1.60. The number of nitrogens with one attached hydrogen (secondary N) is 1. The van der Waals surface area contributed by atoms with Crippen molar-refractivity contribution >= 4 is 28.5 Å². The first-order valence-corrected chi connectivity index (χ1v) is 12.1. The minimum atomic E-state index is -0.145. The zero-order valence-corrected chi connectivity index (χ0v) is 21.1. The van der Waals surface area contributed by atoms with E-state index in [4.69, 9.17) is 26.1 Å². The van der Waals surface area contributed by atoms with Gasteiger partial charge in [0.15, 0.2) is 0 Å². The molecule has 6 nitrogen and oxygen atoms in total. The molecular weight excluding hydrogens is 462 g/mol. The van der Waals surface area contributed by atoms with Gasteiger partial charge in [-0.25, -0.2) is 4.98 Å². The van der Waals surface area contributed by atoms with E-state index in [-0.39, 0.29) is 5.91 Å². The molecule has 7 heteroatoms. The third-order valence-corrected chi connectivity index (χ3v) is 6.54. The predicted molar refractivity (Wildman–Crippen MR) is 140 cm³/mol. The molecule has 0 atom stereocenters. The number of hydrogen-bond acceptors (Lipinski definition) is 4. The number of fused-ring (bicyclic) bond motifs is 1. The zero-order valence-electron chi connectivity index (χ0n) is 20.3. The van der Waals surface area contributed by atoms with Crippen molar-refractivity contribution in [1.82, 2.24) is 14.9 Å². The number of carbonyl (C=O) groups excluding carboxylic acids is 1. The Balaban J connectivity index is 1.37. The Labute approximate surface area is 210 Å². The Hall–Kier alpha value is -3.51. The van der Waals surface area contributed by atoms with Crippen LogP contribution in [0.2, 0.25) is 5.02 Å². The van der Waals surface area contributed by atoms with Crippen molar-refractivity contribution in [3.63, 3.8) is 0 Å². The lowest BCUT2D eigenvalue weighted by Crippen LogP contribution is -2.24. The summed E-state index contributed by atoms with van der Waals surface area (Å²) in [5, 5.41) is 3.78. The van der Waals surface area contributed by atoms with Gasteiger partial charge in [-0.1, -0.05) is 23.7 Å². The SMILES string of the molecule is COc1ccc(C(=O)NCc2nc3ccccc3n2CCCCOc2cc(C)c(Cl)c(C)c2)cc1. The van der Waals surface area contributed by atoms with E-state index >= 15 is 0 Å². The van der Waals surface area contributed by atoms with Gasteiger partial charge in [-0.15, -0.1) is 0 Å². The van der Waals surface area contributed by atoms with Gasteiger partial charge in [-0.05, 0) is 86.3 Å². The Morgan fingerprint density at radius 1 is 1.00 bits per heavy atom. The number of para-hydroxylation sites is 2. The number of methoxy groups -OCH3 is 1. The quantitative estimate of drug-likeness (QED) is 0.272. The maximum atomic E-state index is 12.6. The van der Waals surface area contributed by atoms with Gasteiger partial charge in [0.1, 0.15) is 17.3 Å². The van der Waals surface area contributed by atoms with Crippen molar-refractivity contribution in [3.8, 4) is 11.5 Å². The normalized spacial score (nSPS) is 11.0. The van der Waals surface area contributed by atoms with Crippen molar-refractivity contribution in [3.05, 3.63) is 88.2 Å². The minimum absolute atomic E-state index is 0.145. The number of hydrogen-bond donors (Lipinski definition) is 1. The maximum Gasteiger partial charge on any atom is 0.251 e. The zero-order chi connectivity index (χ0) is 24.8. The summed E-state index contributed by atoms with van der Waals surface area (Å²) in [6, 6.07) is 19.0. The number of unbranched alkanes of at least 4 members (excludes halogenated alkanes) is 1. The van der Waals surface area contributed by atoms with Crippen LogP contribution in [0.25, 0.3) is 11.0 Å². The molecule has 0 bridgehead atoms. The number of benzene rings is 3. The second-order valence-corrected chi connectivity index (χ2v) is 8.88. The van der Waals surface area contributed by atoms with Gasteiger partial charge >= 0.3 is 0 Å². The van der Waals surface area contributed by atoms with Gasteiger partial charge in [-0.2, -0.15) is 0 Å². The van der Waals surface area contributed by atoms with E-state index in [2.05, 4.69) is 16.0 Å². The molecule has 0 radical (unpaired) electrons. The van der Waals surface area contributed by atoms with E-state index in [1.54, 1.807) is 31.4 Å². The molecule has 0 saturated carbocycles. The summed E-state index contributed by atoms with van der Waals surface area (Å²) in [6.07, 6.45) is 1.82. The number of rotatable bonds is 10. The Kier molecular flexibility index (Phi) is 7.93. The van der Waals surface area contributed by atoms with E-state index in [1.807, 2.05) is 44.2 Å². The first-order chi connectivity index (χ1) is 17.0. The molecule has 0 fully saturated rings. The number of amides is 1. The molecule has 0 aliphatic heterocycles. The Morgan fingerprint density at radius 3 is 2.43 bits per heavy atom. The van der Waals surface area contributed by atoms with Crippen LogP contribution < -0.4 is 14.8 Å². The van der Waals surface area contributed by atoms with Crippen molar-refractivity contribution in [2.24, 2.45) is 0 Å². The largest absolute Gasteiger partial charge is 0.497 e. The van der Waals surface area contributed by atoms with Crippen LogP contribution in [-0.2, 0) is 13.1 Å². The number of aryl methyl sites for hydroxylation is 3. The fourth-order valence-corrected chi connectivity index (χ4v) is 4.17. The van der Waals surface area contributed by atoms with Gasteiger partial charge < -0.3 is 19.4 Å².